The number of aryl methyl sites for hydroxylation is 1. The summed E-state index contributed by atoms with van der Waals surface area (Å²) in [6.07, 6.45) is 4.48. The van der Waals surface area contributed by atoms with Gasteiger partial charge in [0.1, 0.15) is 11.0 Å². The van der Waals surface area contributed by atoms with Gasteiger partial charge in [0.05, 0.1) is 6.10 Å². The van der Waals surface area contributed by atoms with Gasteiger partial charge in [-0.15, -0.1) is 0 Å². The summed E-state index contributed by atoms with van der Waals surface area (Å²) in [6, 6.07) is 14.2. The van der Waals surface area contributed by atoms with Gasteiger partial charge in [-0.1, -0.05) is 24.3 Å². The first-order valence-corrected chi connectivity index (χ1v) is 12.1. The standard InChI is InChI=1S/C26H33N5O2/c1-19-5-2-3-6-22(19)17-30-12-10-20(11-13-30)16-31(18-23-7-4-14-33-23)26(32)21-8-9-24-25(15-21)28-29-27-24/h2-3,5-6,8-9,15,20,23H,4,7,10-14,16-18H2,1H3,(H,27,28,29)/t23-/m1/s1. The lowest BCUT2D eigenvalue weighted by molar-refractivity contribution is 0.0445. The van der Waals surface area contributed by atoms with Crippen LogP contribution in [0.3, 0.4) is 0 Å². The Morgan fingerprint density at radius 3 is 2.70 bits per heavy atom. The molecule has 1 N–H and O–H groups in total. The molecule has 0 radical (unpaired) electrons. The van der Waals surface area contributed by atoms with E-state index in [-0.39, 0.29) is 12.0 Å². The fourth-order valence-electron chi connectivity index (χ4n) is 5.10. The van der Waals surface area contributed by atoms with Crippen LogP contribution in [0.25, 0.3) is 11.0 Å². The molecular weight excluding hydrogens is 414 g/mol. The third-order valence-electron chi connectivity index (χ3n) is 7.14. The zero-order valence-electron chi connectivity index (χ0n) is 19.4. The quantitative estimate of drug-likeness (QED) is 0.596. The number of carbonyl (C=O) groups excluding carboxylic acids is 1. The molecule has 0 aliphatic carbocycles. The van der Waals surface area contributed by atoms with E-state index in [1.54, 1.807) is 0 Å². The van der Waals surface area contributed by atoms with Crippen LogP contribution in [0, 0.1) is 12.8 Å². The zero-order chi connectivity index (χ0) is 22.6. The lowest BCUT2D eigenvalue weighted by Crippen LogP contribution is -2.43. The molecule has 5 rings (SSSR count). The fraction of sp³-hybridized carbons (Fsp3) is 0.500. The normalized spacial score (nSPS) is 19.8. The molecule has 2 aliphatic heterocycles. The van der Waals surface area contributed by atoms with Crippen molar-refractivity contribution in [2.75, 3.05) is 32.8 Å². The molecule has 3 heterocycles. The maximum Gasteiger partial charge on any atom is 0.254 e. The molecule has 1 atom stereocenters. The van der Waals surface area contributed by atoms with Gasteiger partial charge in [-0.2, -0.15) is 15.4 Å². The number of carbonyl (C=O) groups is 1. The Balaban J connectivity index is 1.23. The number of aromatic amines is 1. The molecule has 7 nitrogen and oxygen atoms in total. The highest BCUT2D eigenvalue weighted by atomic mass is 16.5. The van der Waals surface area contributed by atoms with Crippen molar-refractivity contribution in [3.63, 3.8) is 0 Å². The predicted octanol–water partition coefficient (Wildman–Crippen LogP) is 3.80. The van der Waals surface area contributed by atoms with Crippen molar-refractivity contribution in [3.05, 3.63) is 59.2 Å². The third-order valence-corrected chi connectivity index (χ3v) is 7.14. The molecule has 2 fully saturated rings. The average Bonchev–Trinajstić information content (AvgIpc) is 3.52. The Bertz CT molecular complexity index is 1080. The van der Waals surface area contributed by atoms with E-state index in [9.17, 15) is 4.79 Å². The first-order valence-electron chi connectivity index (χ1n) is 12.1. The number of amides is 1. The molecule has 2 saturated heterocycles. The van der Waals surface area contributed by atoms with Crippen LogP contribution >= 0.6 is 0 Å². The monoisotopic (exact) mass is 447 g/mol. The minimum atomic E-state index is 0.0674. The zero-order valence-corrected chi connectivity index (χ0v) is 19.4. The Morgan fingerprint density at radius 1 is 1.09 bits per heavy atom. The number of hydrogen-bond donors (Lipinski definition) is 1. The van der Waals surface area contributed by atoms with Gasteiger partial charge in [-0.05, 0) is 80.9 Å². The van der Waals surface area contributed by atoms with Crippen LogP contribution in [0.15, 0.2) is 42.5 Å². The molecule has 0 spiro atoms. The average molecular weight is 448 g/mol. The second kappa shape index (κ2) is 10.0. The van der Waals surface area contributed by atoms with E-state index >= 15 is 0 Å². The fourth-order valence-corrected chi connectivity index (χ4v) is 5.10. The summed E-state index contributed by atoms with van der Waals surface area (Å²) in [5, 5.41) is 10.9. The van der Waals surface area contributed by atoms with E-state index in [1.165, 1.54) is 11.1 Å². The maximum absolute atomic E-state index is 13.5. The maximum atomic E-state index is 13.5. The Kier molecular flexibility index (Phi) is 6.69. The highest BCUT2D eigenvalue weighted by molar-refractivity contribution is 5.97. The van der Waals surface area contributed by atoms with E-state index in [0.29, 0.717) is 18.0 Å². The number of nitrogens with one attached hydrogen (secondary N) is 1. The largest absolute Gasteiger partial charge is 0.376 e. The topological polar surface area (TPSA) is 74.3 Å². The summed E-state index contributed by atoms with van der Waals surface area (Å²) in [5.74, 6) is 0.581. The van der Waals surface area contributed by atoms with Crippen molar-refractivity contribution >= 4 is 16.9 Å². The van der Waals surface area contributed by atoms with Crippen LogP contribution in [-0.2, 0) is 11.3 Å². The molecule has 7 heteroatoms. The van der Waals surface area contributed by atoms with Gasteiger partial charge < -0.3 is 9.64 Å². The molecule has 33 heavy (non-hydrogen) atoms. The number of nitrogens with zero attached hydrogens (tertiary/aromatic N) is 4. The Morgan fingerprint density at radius 2 is 1.91 bits per heavy atom. The number of aromatic nitrogens is 3. The number of H-pyrrole nitrogens is 1. The van der Waals surface area contributed by atoms with Crippen molar-refractivity contribution in [1.29, 1.82) is 0 Å². The number of rotatable bonds is 7. The molecule has 2 aliphatic rings. The third kappa shape index (κ3) is 5.25. The van der Waals surface area contributed by atoms with Crippen molar-refractivity contribution in [2.45, 2.75) is 45.3 Å². The van der Waals surface area contributed by atoms with Gasteiger partial charge in [-0.3, -0.25) is 9.69 Å². The van der Waals surface area contributed by atoms with E-state index in [1.807, 2.05) is 23.1 Å². The minimum absolute atomic E-state index is 0.0674. The first kappa shape index (κ1) is 22.0. The number of ether oxygens (including phenoxy) is 1. The number of benzene rings is 2. The number of fused-ring (bicyclic) bond motifs is 1. The number of hydrogen-bond acceptors (Lipinski definition) is 5. The van der Waals surface area contributed by atoms with Crippen LogP contribution in [0.2, 0.25) is 0 Å². The van der Waals surface area contributed by atoms with Crippen molar-refractivity contribution < 1.29 is 9.53 Å². The van der Waals surface area contributed by atoms with Gasteiger partial charge in [-0.25, -0.2) is 0 Å². The molecule has 3 aromatic rings. The van der Waals surface area contributed by atoms with E-state index in [4.69, 9.17) is 4.74 Å². The number of likely N-dealkylation sites (tertiary alicyclic amines) is 1. The van der Waals surface area contributed by atoms with Crippen LogP contribution < -0.4 is 0 Å². The molecule has 0 saturated carbocycles. The SMILES string of the molecule is Cc1ccccc1CN1CCC(CN(C[C@H]2CCCO2)C(=O)c2ccc3n[nH]nc3c2)CC1. The molecule has 0 bridgehead atoms. The van der Waals surface area contributed by atoms with E-state index in [0.717, 1.165) is 69.5 Å². The lowest BCUT2D eigenvalue weighted by Gasteiger charge is -2.36. The summed E-state index contributed by atoms with van der Waals surface area (Å²) >= 11 is 0. The lowest BCUT2D eigenvalue weighted by atomic mass is 9.95. The highest BCUT2D eigenvalue weighted by Gasteiger charge is 2.28. The molecule has 2 aromatic carbocycles. The van der Waals surface area contributed by atoms with Crippen LogP contribution in [0.1, 0.15) is 47.2 Å². The molecule has 174 valence electrons. The Hall–Kier alpha value is -2.77. The van der Waals surface area contributed by atoms with Crippen LogP contribution in [0.5, 0.6) is 0 Å². The first-order chi connectivity index (χ1) is 16.2. The summed E-state index contributed by atoms with van der Waals surface area (Å²) in [4.78, 5) is 18.1. The van der Waals surface area contributed by atoms with Crippen molar-refractivity contribution in [2.24, 2.45) is 5.92 Å². The van der Waals surface area contributed by atoms with Gasteiger partial charge in [0.2, 0.25) is 0 Å². The molecule has 0 unspecified atom stereocenters. The smallest absolute Gasteiger partial charge is 0.254 e. The molecular formula is C26H33N5O2. The van der Waals surface area contributed by atoms with Gasteiger partial charge >= 0.3 is 0 Å². The molecule has 1 amide bonds. The van der Waals surface area contributed by atoms with Crippen molar-refractivity contribution in [3.8, 4) is 0 Å². The Labute approximate surface area is 195 Å². The summed E-state index contributed by atoms with van der Waals surface area (Å²) < 4.78 is 5.88. The van der Waals surface area contributed by atoms with Gasteiger partial charge in [0.15, 0.2) is 0 Å². The second-order valence-corrected chi connectivity index (χ2v) is 9.52. The highest BCUT2D eigenvalue weighted by Crippen LogP contribution is 2.24. The summed E-state index contributed by atoms with van der Waals surface area (Å²) in [7, 11) is 0. The van der Waals surface area contributed by atoms with Gasteiger partial charge in [0, 0.05) is 31.8 Å². The second-order valence-electron chi connectivity index (χ2n) is 9.52. The summed E-state index contributed by atoms with van der Waals surface area (Å²) in [5.41, 5.74) is 4.94. The molecule has 1 aromatic heterocycles. The predicted molar refractivity (Wildman–Crippen MR) is 128 cm³/mol. The minimum Gasteiger partial charge on any atom is -0.376 e. The van der Waals surface area contributed by atoms with E-state index < -0.39 is 0 Å². The van der Waals surface area contributed by atoms with Crippen LogP contribution in [0.4, 0.5) is 0 Å². The van der Waals surface area contributed by atoms with Gasteiger partial charge in [0.25, 0.3) is 5.91 Å². The van der Waals surface area contributed by atoms with E-state index in [2.05, 4.69) is 51.5 Å². The summed E-state index contributed by atoms with van der Waals surface area (Å²) in [6.45, 7) is 7.60. The van der Waals surface area contributed by atoms with Crippen molar-refractivity contribution in [1.82, 2.24) is 25.2 Å². The van der Waals surface area contributed by atoms with Crippen LogP contribution in [-0.4, -0.2) is 70.0 Å². The number of piperidine rings is 1.